The minimum absolute atomic E-state index is 0.144. The van der Waals surface area contributed by atoms with Gasteiger partial charge in [-0.25, -0.2) is 0 Å². The van der Waals surface area contributed by atoms with Gasteiger partial charge in [-0.05, 0) is 11.6 Å². The van der Waals surface area contributed by atoms with Gasteiger partial charge >= 0.3 is 0 Å². The summed E-state index contributed by atoms with van der Waals surface area (Å²) in [5, 5.41) is 3.50. The molecule has 0 spiro atoms. The fourth-order valence-corrected chi connectivity index (χ4v) is 1.54. The minimum Gasteiger partial charge on any atom is -0.398 e. The molecule has 1 aromatic heterocycles. The Morgan fingerprint density at radius 1 is 1.47 bits per heavy atom. The molecule has 2 aromatic rings. The lowest BCUT2D eigenvalue weighted by atomic mass is 10.1. The highest BCUT2D eigenvalue weighted by Gasteiger charge is 2.14. The van der Waals surface area contributed by atoms with E-state index in [1.54, 1.807) is 11.9 Å². The van der Waals surface area contributed by atoms with Gasteiger partial charge in [0.25, 0.3) is 5.91 Å². The van der Waals surface area contributed by atoms with Crippen LogP contribution in [0.4, 0.5) is 5.69 Å². The lowest BCUT2D eigenvalue weighted by molar-refractivity contribution is 0.0784. The van der Waals surface area contributed by atoms with E-state index in [-0.39, 0.29) is 5.91 Å². The molecule has 0 aliphatic rings. The highest BCUT2D eigenvalue weighted by molar-refractivity contribution is 5.93. The molecule has 1 aromatic carbocycles. The summed E-state index contributed by atoms with van der Waals surface area (Å²) in [5.74, 6) is -0.144. The van der Waals surface area contributed by atoms with E-state index in [2.05, 4.69) is 9.68 Å². The van der Waals surface area contributed by atoms with Gasteiger partial charge in [-0.1, -0.05) is 23.4 Å². The molecule has 0 fully saturated rings. The Bertz CT molecular complexity index is 508. The van der Waals surface area contributed by atoms with E-state index < -0.39 is 0 Å². The van der Waals surface area contributed by atoms with E-state index in [0.29, 0.717) is 17.8 Å². The molecule has 0 atom stereocenters. The summed E-state index contributed by atoms with van der Waals surface area (Å²) in [6.45, 7) is 0.455. The van der Waals surface area contributed by atoms with Crippen LogP contribution in [0.1, 0.15) is 15.9 Å². The molecule has 5 nitrogen and oxygen atoms in total. The summed E-state index contributed by atoms with van der Waals surface area (Å²) in [4.78, 5) is 13.5. The number of rotatable bonds is 3. The average molecular weight is 231 g/mol. The van der Waals surface area contributed by atoms with Crippen molar-refractivity contribution in [3.63, 3.8) is 0 Å². The maximum Gasteiger partial charge on any atom is 0.258 e. The van der Waals surface area contributed by atoms with Crippen LogP contribution in [0.25, 0.3) is 0 Å². The van der Waals surface area contributed by atoms with Gasteiger partial charge in [0.1, 0.15) is 6.26 Å². The maximum absolute atomic E-state index is 11.9. The number of amides is 1. The molecule has 0 saturated carbocycles. The summed E-state index contributed by atoms with van der Waals surface area (Å²) in [6, 6.07) is 7.46. The third kappa shape index (κ3) is 2.44. The zero-order valence-electron chi connectivity index (χ0n) is 9.46. The zero-order chi connectivity index (χ0) is 12.3. The molecule has 88 valence electrons. The molecule has 17 heavy (non-hydrogen) atoms. The van der Waals surface area contributed by atoms with Gasteiger partial charge < -0.3 is 15.2 Å². The van der Waals surface area contributed by atoms with Gasteiger partial charge in [0.05, 0.1) is 11.8 Å². The Hall–Kier alpha value is -2.30. The molecule has 1 heterocycles. The molecule has 0 radical (unpaired) electrons. The van der Waals surface area contributed by atoms with Gasteiger partial charge in [0.15, 0.2) is 0 Å². The first-order valence-corrected chi connectivity index (χ1v) is 5.16. The van der Waals surface area contributed by atoms with Crippen LogP contribution in [-0.2, 0) is 6.54 Å². The lowest BCUT2D eigenvalue weighted by Crippen LogP contribution is -2.26. The third-order valence-electron chi connectivity index (χ3n) is 2.49. The third-order valence-corrected chi connectivity index (χ3v) is 2.49. The van der Waals surface area contributed by atoms with E-state index in [1.165, 1.54) is 12.5 Å². The number of nitrogens with two attached hydrogens (primary N) is 1. The fourth-order valence-electron chi connectivity index (χ4n) is 1.54. The number of carbonyl (C=O) groups is 1. The molecule has 0 unspecified atom stereocenters. The van der Waals surface area contributed by atoms with Crippen LogP contribution >= 0.6 is 0 Å². The molecule has 2 N–H and O–H groups in total. The van der Waals surface area contributed by atoms with Crippen molar-refractivity contribution < 1.29 is 9.32 Å². The van der Waals surface area contributed by atoms with Crippen LogP contribution in [0.2, 0.25) is 0 Å². The van der Waals surface area contributed by atoms with Crippen molar-refractivity contribution in [2.24, 2.45) is 0 Å². The van der Waals surface area contributed by atoms with Crippen LogP contribution in [0, 0.1) is 0 Å². The van der Waals surface area contributed by atoms with Crippen molar-refractivity contribution in [3.05, 3.63) is 47.9 Å². The van der Waals surface area contributed by atoms with Gasteiger partial charge in [0.2, 0.25) is 0 Å². The van der Waals surface area contributed by atoms with Gasteiger partial charge in [-0.2, -0.15) is 0 Å². The van der Waals surface area contributed by atoms with Crippen molar-refractivity contribution in [2.75, 3.05) is 12.8 Å². The second kappa shape index (κ2) is 4.69. The molecule has 0 saturated heterocycles. The predicted molar refractivity (Wildman–Crippen MR) is 63.2 cm³/mol. The van der Waals surface area contributed by atoms with Crippen LogP contribution in [-0.4, -0.2) is 23.0 Å². The number of hydrogen-bond donors (Lipinski definition) is 1. The van der Waals surface area contributed by atoms with Gasteiger partial charge in [-0.15, -0.1) is 0 Å². The molecular weight excluding hydrogens is 218 g/mol. The van der Waals surface area contributed by atoms with Crippen molar-refractivity contribution in [2.45, 2.75) is 6.54 Å². The van der Waals surface area contributed by atoms with E-state index >= 15 is 0 Å². The Morgan fingerprint density at radius 3 is 2.88 bits per heavy atom. The van der Waals surface area contributed by atoms with Crippen LogP contribution in [0.5, 0.6) is 0 Å². The van der Waals surface area contributed by atoms with Crippen molar-refractivity contribution in [1.29, 1.82) is 0 Å². The number of aromatic nitrogens is 1. The quantitative estimate of drug-likeness (QED) is 0.813. The monoisotopic (exact) mass is 231 g/mol. The maximum atomic E-state index is 11.9. The van der Waals surface area contributed by atoms with E-state index in [4.69, 9.17) is 5.73 Å². The van der Waals surface area contributed by atoms with Crippen LogP contribution in [0.15, 0.2) is 41.2 Å². The molecular formula is C12H13N3O2. The number of hydrogen-bond acceptors (Lipinski definition) is 4. The second-order valence-corrected chi connectivity index (χ2v) is 3.77. The Balaban J connectivity index is 2.10. The Kier molecular flexibility index (Phi) is 3.09. The number of benzene rings is 1. The van der Waals surface area contributed by atoms with E-state index in [1.807, 2.05) is 24.3 Å². The normalized spacial score (nSPS) is 10.2. The van der Waals surface area contributed by atoms with Crippen molar-refractivity contribution in [1.82, 2.24) is 10.1 Å². The SMILES string of the molecule is CN(Cc1ccccc1N)C(=O)c1cnoc1. The Labute approximate surface area is 98.8 Å². The molecule has 2 rings (SSSR count). The summed E-state index contributed by atoms with van der Waals surface area (Å²) in [5.41, 5.74) is 7.85. The predicted octanol–water partition coefficient (Wildman–Crippen LogP) is 1.53. The first-order valence-electron chi connectivity index (χ1n) is 5.16. The second-order valence-electron chi connectivity index (χ2n) is 3.77. The smallest absolute Gasteiger partial charge is 0.258 e. The van der Waals surface area contributed by atoms with E-state index in [9.17, 15) is 4.79 Å². The van der Waals surface area contributed by atoms with E-state index in [0.717, 1.165) is 5.56 Å². The number of nitrogen functional groups attached to an aromatic ring is 1. The summed E-state index contributed by atoms with van der Waals surface area (Å²) in [7, 11) is 1.71. The van der Waals surface area contributed by atoms with Gasteiger partial charge in [0, 0.05) is 19.3 Å². The summed E-state index contributed by atoms with van der Waals surface area (Å²) < 4.78 is 4.64. The van der Waals surface area contributed by atoms with Crippen LogP contribution < -0.4 is 5.73 Å². The highest BCUT2D eigenvalue weighted by atomic mass is 16.5. The lowest BCUT2D eigenvalue weighted by Gasteiger charge is -2.17. The molecule has 5 heteroatoms. The number of nitrogens with zero attached hydrogens (tertiary/aromatic N) is 2. The van der Waals surface area contributed by atoms with Crippen molar-refractivity contribution in [3.8, 4) is 0 Å². The number of para-hydroxylation sites is 1. The molecule has 0 bridgehead atoms. The minimum atomic E-state index is -0.144. The Morgan fingerprint density at radius 2 is 2.24 bits per heavy atom. The molecule has 1 amide bonds. The summed E-state index contributed by atoms with van der Waals surface area (Å²) in [6.07, 6.45) is 2.72. The van der Waals surface area contributed by atoms with Crippen molar-refractivity contribution >= 4 is 11.6 Å². The highest BCUT2D eigenvalue weighted by Crippen LogP contribution is 2.14. The first kappa shape index (κ1) is 11.2. The standard InChI is InChI=1S/C12H13N3O2/c1-15(12(16)10-6-14-17-8-10)7-9-4-2-3-5-11(9)13/h2-6,8H,7,13H2,1H3. The summed E-state index contributed by atoms with van der Waals surface area (Å²) >= 11 is 0. The van der Waals surface area contributed by atoms with Gasteiger partial charge in [-0.3, -0.25) is 4.79 Å². The zero-order valence-corrected chi connectivity index (χ0v) is 9.46. The molecule has 0 aliphatic carbocycles. The molecule has 0 aliphatic heterocycles. The number of anilines is 1. The van der Waals surface area contributed by atoms with Crippen LogP contribution in [0.3, 0.4) is 0 Å². The largest absolute Gasteiger partial charge is 0.398 e. The topological polar surface area (TPSA) is 72.4 Å². The first-order chi connectivity index (χ1) is 8.18. The average Bonchev–Trinajstić information content (AvgIpc) is 2.84. The number of carbonyl (C=O) groups excluding carboxylic acids is 1. The fraction of sp³-hybridized carbons (Fsp3) is 0.167.